The van der Waals surface area contributed by atoms with Gasteiger partial charge in [-0.05, 0) is 0 Å². The molecule has 1 amide bonds. The van der Waals surface area contributed by atoms with Crippen molar-refractivity contribution in [3.63, 3.8) is 0 Å². The normalized spacial score (nSPS) is 30.1. The molecule has 1 aliphatic heterocycles. The Morgan fingerprint density at radius 2 is 1.87 bits per heavy atom. The summed E-state index contributed by atoms with van der Waals surface area (Å²) in [5.74, 6) is -1.05. The van der Waals surface area contributed by atoms with E-state index in [9.17, 15) is 13.2 Å². The molecular formula is C6H10Cl3N2O3S+. The van der Waals surface area contributed by atoms with Crippen molar-refractivity contribution in [2.45, 2.75) is 15.9 Å². The number of rotatable bonds is 1. The molecule has 1 rings (SSSR count). The number of hydrogen-bond acceptors (Lipinski definition) is 3. The molecule has 0 aromatic heterocycles. The third kappa shape index (κ3) is 3.64. The highest BCUT2D eigenvalue weighted by molar-refractivity contribution is 7.91. The Labute approximate surface area is 102 Å². The SMILES string of the molecule is [NH3+]C1CS(=O)(=O)CC1NC(=O)C(Cl)(Cl)Cl. The maximum atomic E-state index is 11.2. The average molecular weight is 297 g/mol. The second kappa shape index (κ2) is 4.25. The van der Waals surface area contributed by atoms with Crippen LogP contribution in [0.25, 0.3) is 0 Å². The van der Waals surface area contributed by atoms with Gasteiger partial charge >= 0.3 is 0 Å². The molecule has 1 aliphatic rings. The number of carbonyl (C=O) groups is 1. The van der Waals surface area contributed by atoms with Gasteiger partial charge in [-0.1, -0.05) is 34.8 Å². The molecule has 1 fully saturated rings. The van der Waals surface area contributed by atoms with Gasteiger partial charge in [-0.25, -0.2) is 8.42 Å². The fraction of sp³-hybridized carbons (Fsp3) is 0.833. The molecule has 2 atom stereocenters. The van der Waals surface area contributed by atoms with Crippen LogP contribution in [0.4, 0.5) is 0 Å². The monoisotopic (exact) mass is 295 g/mol. The van der Waals surface area contributed by atoms with E-state index in [2.05, 4.69) is 11.1 Å². The molecule has 0 aromatic carbocycles. The quantitative estimate of drug-likeness (QED) is 0.601. The van der Waals surface area contributed by atoms with Gasteiger partial charge in [0.1, 0.15) is 11.8 Å². The van der Waals surface area contributed by atoms with E-state index in [1.54, 1.807) is 0 Å². The van der Waals surface area contributed by atoms with Crippen molar-refractivity contribution < 1.29 is 18.9 Å². The first-order chi connectivity index (χ1) is 6.62. The second-order valence-corrected chi connectivity index (χ2v) is 7.85. The highest BCUT2D eigenvalue weighted by Crippen LogP contribution is 2.26. The van der Waals surface area contributed by atoms with Crippen LogP contribution in [0.1, 0.15) is 0 Å². The lowest BCUT2D eigenvalue weighted by Gasteiger charge is -2.16. The van der Waals surface area contributed by atoms with E-state index in [1.165, 1.54) is 0 Å². The molecular weight excluding hydrogens is 287 g/mol. The first-order valence-corrected chi connectivity index (χ1v) is 6.98. The van der Waals surface area contributed by atoms with Gasteiger partial charge in [0, 0.05) is 0 Å². The Hall–Kier alpha value is 0.250. The minimum absolute atomic E-state index is 0.0577. The average Bonchev–Trinajstić information content (AvgIpc) is 2.22. The fourth-order valence-corrected chi connectivity index (χ4v) is 3.42. The smallest absolute Gasteiger partial charge is 0.272 e. The molecule has 0 aliphatic carbocycles. The van der Waals surface area contributed by atoms with Crippen molar-refractivity contribution in [2.24, 2.45) is 0 Å². The van der Waals surface area contributed by atoms with E-state index in [0.717, 1.165) is 0 Å². The molecule has 0 bridgehead atoms. The highest BCUT2D eigenvalue weighted by Gasteiger charge is 2.42. The summed E-state index contributed by atoms with van der Waals surface area (Å²) in [4.78, 5) is 11.2. The Bertz CT molecular complexity index is 364. The lowest BCUT2D eigenvalue weighted by atomic mass is 10.2. The summed E-state index contributed by atoms with van der Waals surface area (Å²) in [6.45, 7) is 0. The molecule has 0 radical (unpaired) electrons. The molecule has 4 N–H and O–H groups in total. The predicted molar refractivity (Wildman–Crippen MR) is 57.6 cm³/mol. The number of amides is 1. The predicted octanol–water partition coefficient (Wildman–Crippen LogP) is -1.12. The molecule has 15 heavy (non-hydrogen) atoms. The zero-order chi connectivity index (χ0) is 11.9. The highest BCUT2D eigenvalue weighted by atomic mass is 35.6. The minimum atomic E-state index is -3.14. The lowest BCUT2D eigenvalue weighted by Crippen LogP contribution is -2.69. The number of nitrogens with one attached hydrogen (secondary N) is 1. The van der Waals surface area contributed by atoms with Gasteiger partial charge in [0.15, 0.2) is 9.84 Å². The number of alkyl halides is 3. The Morgan fingerprint density at radius 3 is 2.20 bits per heavy atom. The molecule has 88 valence electrons. The molecule has 5 nitrogen and oxygen atoms in total. The van der Waals surface area contributed by atoms with Crippen molar-refractivity contribution in [2.75, 3.05) is 11.5 Å². The van der Waals surface area contributed by atoms with Crippen molar-refractivity contribution >= 4 is 50.5 Å². The van der Waals surface area contributed by atoms with Crippen LogP contribution in [0.2, 0.25) is 0 Å². The van der Waals surface area contributed by atoms with Crippen LogP contribution in [-0.4, -0.2) is 41.7 Å². The summed E-state index contributed by atoms with van der Waals surface area (Å²) in [5.41, 5.74) is 3.63. The summed E-state index contributed by atoms with van der Waals surface area (Å²) >= 11 is 16.0. The first-order valence-electron chi connectivity index (χ1n) is 4.03. The summed E-state index contributed by atoms with van der Waals surface area (Å²) in [5, 5.41) is 2.35. The van der Waals surface area contributed by atoms with Gasteiger partial charge in [0.2, 0.25) is 0 Å². The number of hydrogen-bond donors (Lipinski definition) is 2. The van der Waals surface area contributed by atoms with Crippen LogP contribution >= 0.6 is 34.8 Å². The van der Waals surface area contributed by atoms with E-state index in [4.69, 9.17) is 34.8 Å². The topological polar surface area (TPSA) is 90.9 Å². The maximum Gasteiger partial charge on any atom is 0.272 e. The zero-order valence-corrected chi connectivity index (χ0v) is 10.6. The summed E-state index contributed by atoms with van der Waals surface area (Å²) in [7, 11) is -3.14. The summed E-state index contributed by atoms with van der Waals surface area (Å²) in [6.07, 6.45) is 0. The van der Waals surface area contributed by atoms with Gasteiger partial charge in [-0.2, -0.15) is 0 Å². The number of sulfone groups is 1. The van der Waals surface area contributed by atoms with Gasteiger partial charge in [0.05, 0.1) is 11.8 Å². The standard InChI is InChI=1S/C6H9Cl3N2O3S/c7-6(8,9)5(12)11-4-2-15(13,14)1-3(4)10/h3-4H,1-2,10H2,(H,11,12)/p+1. The Kier molecular flexibility index (Phi) is 3.78. The van der Waals surface area contributed by atoms with Crippen LogP contribution in [0.5, 0.6) is 0 Å². The van der Waals surface area contributed by atoms with Gasteiger partial charge in [0.25, 0.3) is 9.70 Å². The fourth-order valence-electron chi connectivity index (χ4n) is 1.33. The Morgan fingerprint density at radius 1 is 1.33 bits per heavy atom. The van der Waals surface area contributed by atoms with Crippen molar-refractivity contribution in [3.8, 4) is 0 Å². The van der Waals surface area contributed by atoms with Crippen LogP contribution in [0, 0.1) is 0 Å². The Balaban J connectivity index is 2.66. The first kappa shape index (κ1) is 13.3. The minimum Gasteiger partial charge on any atom is -0.353 e. The molecule has 0 aromatic rings. The lowest BCUT2D eigenvalue weighted by molar-refractivity contribution is -0.415. The molecule has 1 heterocycles. The molecule has 9 heteroatoms. The number of carbonyl (C=O) groups excluding carboxylic acids is 1. The van der Waals surface area contributed by atoms with Gasteiger partial charge < -0.3 is 11.1 Å². The van der Waals surface area contributed by atoms with Crippen molar-refractivity contribution in [1.29, 1.82) is 0 Å². The van der Waals surface area contributed by atoms with E-state index in [1.807, 2.05) is 0 Å². The van der Waals surface area contributed by atoms with Gasteiger partial charge in [-0.15, -0.1) is 0 Å². The van der Waals surface area contributed by atoms with Crippen LogP contribution in [-0.2, 0) is 14.6 Å². The van der Waals surface area contributed by atoms with E-state index in [-0.39, 0.29) is 11.5 Å². The van der Waals surface area contributed by atoms with E-state index >= 15 is 0 Å². The van der Waals surface area contributed by atoms with Crippen molar-refractivity contribution in [1.82, 2.24) is 5.32 Å². The molecule has 0 spiro atoms. The third-order valence-electron chi connectivity index (χ3n) is 2.04. The van der Waals surface area contributed by atoms with Crippen LogP contribution < -0.4 is 11.1 Å². The molecule has 2 unspecified atom stereocenters. The molecule has 0 saturated carbocycles. The van der Waals surface area contributed by atoms with E-state index in [0.29, 0.717) is 0 Å². The van der Waals surface area contributed by atoms with Crippen LogP contribution in [0.3, 0.4) is 0 Å². The zero-order valence-electron chi connectivity index (χ0n) is 7.54. The van der Waals surface area contributed by atoms with Gasteiger partial charge in [-0.3, -0.25) is 4.79 Å². The number of quaternary nitrogens is 1. The molecule has 1 saturated heterocycles. The van der Waals surface area contributed by atoms with E-state index < -0.39 is 31.6 Å². The summed E-state index contributed by atoms with van der Waals surface area (Å²) < 4.78 is 20.3. The maximum absolute atomic E-state index is 11.2. The third-order valence-corrected chi connectivity index (χ3v) is 4.36. The van der Waals surface area contributed by atoms with Crippen molar-refractivity contribution in [3.05, 3.63) is 0 Å². The largest absolute Gasteiger partial charge is 0.353 e. The number of halogens is 3. The summed E-state index contributed by atoms with van der Waals surface area (Å²) in [6, 6.07) is -0.996. The second-order valence-electron chi connectivity index (χ2n) is 3.41. The van der Waals surface area contributed by atoms with Crippen LogP contribution in [0.15, 0.2) is 0 Å².